The Morgan fingerprint density at radius 3 is 2.55 bits per heavy atom. The molecule has 4 aromatic rings. The highest BCUT2D eigenvalue weighted by Gasteiger charge is 2.17. The number of benzene rings is 2. The fraction of sp³-hybridized carbons (Fsp3) is 0.208. The largest absolute Gasteiger partial charge is 0.295 e. The Morgan fingerprint density at radius 2 is 1.77 bits per heavy atom. The van der Waals surface area contributed by atoms with Crippen LogP contribution in [-0.2, 0) is 18.8 Å². The molecule has 2 aromatic carbocycles. The molecule has 0 saturated carbocycles. The number of aryl methyl sites for hydroxylation is 1. The second kappa shape index (κ2) is 10.1. The van der Waals surface area contributed by atoms with Crippen LogP contribution in [0.1, 0.15) is 22.5 Å². The first kappa shape index (κ1) is 21.6. The van der Waals surface area contributed by atoms with Gasteiger partial charge in [-0.3, -0.25) is 14.5 Å². The molecule has 0 atom stereocenters. The number of thioether (sulfide) groups is 1. The fourth-order valence-electron chi connectivity index (χ4n) is 3.37. The van der Waals surface area contributed by atoms with E-state index in [2.05, 4.69) is 62.9 Å². The molecule has 2 heterocycles. The van der Waals surface area contributed by atoms with Crippen LogP contribution in [0.2, 0.25) is 5.02 Å². The van der Waals surface area contributed by atoms with Crippen LogP contribution < -0.4 is 0 Å². The summed E-state index contributed by atoms with van der Waals surface area (Å²) < 4.78 is 2.10. The molecule has 0 aliphatic carbocycles. The van der Waals surface area contributed by atoms with Gasteiger partial charge in [-0.05, 0) is 61.0 Å². The molecule has 2 aromatic heterocycles. The first-order valence-electron chi connectivity index (χ1n) is 10.0. The summed E-state index contributed by atoms with van der Waals surface area (Å²) in [5, 5.41) is 10.6. The zero-order valence-electron chi connectivity index (χ0n) is 17.6. The lowest BCUT2D eigenvalue weighted by Gasteiger charge is -2.18. The van der Waals surface area contributed by atoms with Crippen molar-refractivity contribution in [2.45, 2.75) is 30.9 Å². The van der Waals surface area contributed by atoms with Gasteiger partial charge in [0.15, 0.2) is 11.0 Å². The molecule has 0 fully saturated rings. The standard InChI is InChI=1S/C24H24ClN5S/c1-18-6-3-4-7-20(18)15-29(2)16-23-27-28-24(31-17-19-10-12-26-13-11-19)30(23)22-9-5-8-21(25)14-22/h3-14H,15-17H2,1-2H3. The van der Waals surface area contributed by atoms with E-state index in [1.165, 1.54) is 16.7 Å². The van der Waals surface area contributed by atoms with E-state index in [-0.39, 0.29) is 0 Å². The molecule has 0 N–H and O–H groups in total. The molecular formula is C24H24ClN5S. The zero-order chi connectivity index (χ0) is 21.6. The van der Waals surface area contributed by atoms with Crippen molar-refractivity contribution in [3.05, 3.63) is 101 Å². The van der Waals surface area contributed by atoms with Crippen molar-refractivity contribution in [1.29, 1.82) is 0 Å². The highest BCUT2D eigenvalue weighted by molar-refractivity contribution is 7.98. The van der Waals surface area contributed by atoms with Gasteiger partial charge in [0.05, 0.1) is 12.2 Å². The van der Waals surface area contributed by atoms with Gasteiger partial charge >= 0.3 is 0 Å². The molecule has 4 rings (SSSR count). The molecule has 0 saturated heterocycles. The Kier molecular flexibility index (Phi) is 7.02. The summed E-state index contributed by atoms with van der Waals surface area (Å²) in [6.45, 7) is 3.66. The molecule has 0 bridgehead atoms. The van der Waals surface area contributed by atoms with Crippen LogP contribution in [0.5, 0.6) is 0 Å². The van der Waals surface area contributed by atoms with Crippen LogP contribution in [0.25, 0.3) is 5.69 Å². The van der Waals surface area contributed by atoms with Crippen LogP contribution in [0, 0.1) is 6.92 Å². The van der Waals surface area contributed by atoms with Crippen LogP contribution in [0.15, 0.2) is 78.2 Å². The smallest absolute Gasteiger partial charge is 0.196 e. The van der Waals surface area contributed by atoms with E-state index in [1.54, 1.807) is 11.8 Å². The lowest BCUT2D eigenvalue weighted by molar-refractivity contribution is 0.307. The molecule has 5 nitrogen and oxygen atoms in total. The average Bonchev–Trinajstić information content (AvgIpc) is 3.17. The third-order valence-corrected chi connectivity index (χ3v) is 6.23. The van der Waals surface area contributed by atoms with Crippen molar-refractivity contribution < 1.29 is 0 Å². The summed E-state index contributed by atoms with van der Waals surface area (Å²) in [4.78, 5) is 6.34. The van der Waals surface area contributed by atoms with E-state index in [0.717, 1.165) is 29.0 Å². The minimum absolute atomic E-state index is 0.670. The SMILES string of the molecule is Cc1ccccc1CN(C)Cc1nnc(SCc2ccncc2)n1-c1cccc(Cl)c1. The van der Waals surface area contributed by atoms with Crippen molar-refractivity contribution >= 4 is 23.4 Å². The van der Waals surface area contributed by atoms with Gasteiger partial charge in [-0.2, -0.15) is 0 Å². The summed E-state index contributed by atoms with van der Waals surface area (Å²) in [5.74, 6) is 1.68. The van der Waals surface area contributed by atoms with Gasteiger partial charge in [0, 0.05) is 29.7 Å². The molecule has 31 heavy (non-hydrogen) atoms. The molecule has 0 amide bonds. The number of hydrogen-bond acceptors (Lipinski definition) is 5. The normalized spacial score (nSPS) is 11.2. The first-order chi connectivity index (χ1) is 15.1. The van der Waals surface area contributed by atoms with Crippen molar-refractivity contribution in [2.24, 2.45) is 0 Å². The summed E-state index contributed by atoms with van der Waals surface area (Å²) in [7, 11) is 2.10. The maximum Gasteiger partial charge on any atom is 0.196 e. The monoisotopic (exact) mass is 449 g/mol. The molecule has 0 aliphatic rings. The topological polar surface area (TPSA) is 46.8 Å². The molecule has 158 valence electrons. The third-order valence-electron chi connectivity index (χ3n) is 5.00. The summed E-state index contributed by atoms with van der Waals surface area (Å²) in [6.07, 6.45) is 3.62. The van der Waals surface area contributed by atoms with Gasteiger partial charge in [0.25, 0.3) is 0 Å². The van der Waals surface area contributed by atoms with Crippen molar-refractivity contribution in [3.63, 3.8) is 0 Å². The molecule has 0 spiro atoms. The van der Waals surface area contributed by atoms with Crippen molar-refractivity contribution in [2.75, 3.05) is 7.05 Å². The first-order valence-corrected chi connectivity index (χ1v) is 11.4. The van der Waals surface area contributed by atoms with Crippen LogP contribution in [0.4, 0.5) is 0 Å². The van der Waals surface area contributed by atoms with Crippen molar-refractivity contribution in [1.82, 2.24) is 24.6 Å². The lowest BCUT2D eigenvalue weighted by atomic mass is 10.1. The number of hydrogen-bond donors (Lipinski definition) is 0. The number of rotatable bonds is 8. The maximum atomic E-state index is 6.29. The minimum atomic E-state index is 0.670. The number of aromatic nitrogens is 4. The Balaban J connectivity index is 1.59. The molecular weight excluding hydrogens is 426 g/mol. The predicted octanol–water partition coefficient (Wildman–Crippen LogP) is 5.55. The lowest BCUT2D eigenvalue weighted by Crippen LogP contribution is -2.20. The predicted molar refractivity (Wildman–Crippen MR) is 127 cm³/mol. The van der Waals surface area contributed by atoms with E-state index in [4.69, 9.17) is 11.6 Å². The second-order valence-electron chi connectivity index (χ2n) is 7.46. The van der Waals surface area contributed by atoms with Gasteiger partial charge in [-0.15, -0.1) is 10.2 Å². The molecule has 0 radical (unpaired) electrons. The highest BCUT2D eigenvalue weighted by Crippen LogP contribution is 2.27. The van der Waals surface area contributed by atoms with Crippen LogP contribution >= 0.6 is 23.4 Å². The van der Waals surface area contributed by atoms with Crippen LogP contribution in [0.3, 0.4) is 0 Å². The van der Waals surface area contributed by atoms with E-state index in [1.807, 2.05) is 48.8 Å². The fourth-order valence-corrected chi connectivity index (χ4v) is 4.48. The Bertz CT molecular complexity index is 1150. The molecule has 7 heteroatoms. The van der Waals surface area contributed by atoms with E-state index in [0.29, 0.717) is 11.6 Å². The maximum absolute atomic E-state index is 6.29. The minimum Gasteiger partial charge on any atom is -0.295 e. The van der Waals surface area contributed by atoms with Gasteiger partial charge in [-0.25, -0.2) is 0 Å². The average molecular weight is 450 g/mol. The van der Waals surface area contributed by atoms with Gasteiger partial charge < -0.3 is 0 Å². The van der Waals surface area contributed by atoms with Gasteiger partial charge in [0.1, 0.15) is 0 Å². The quantitative estimate of drug-likeness (QED) is 0.330. The summed E-state index contributed by atoms with van der Waals surface area (Å²) in [5.41, 5.74) is 4.76. The summed E-state index contributed by atoms with van der Waals surface area (Å²) >= 11 is 7.95. The van der Waals surface area contributed by atoms with E-state index >= 15 is 0 Å². The van der Waals surface area contributed by atoms with Gasteiger partial charge in [0.2, 0.25) is 0 Å². The van der Waals surface area contributed by atoms with Crippen LogP contribution in [-0.4, -0.2) is 31.7 Å². The third kappa shape index (κ3) is 5.53. The number of nitrogens with zero attached hydrogens (tertiary/aromatic N) is 5. The van der Waals surface area contributed by atoms with Gasteiger partial charge in [-0.1, -0.05) is 53.7 Å². The Morgan fingerprint density at radius 1 is 0.968 bits per heavy atom. The zero-order valence-corrected chi connectivity index (χ0v) is 19.1. The molecule has 0 unspecified atom stereocenters. The number of halogens is 1. The molecule has 0 aliphatic heterocycles. The number of pyridine rings is 1. The Hall–Kier alpha value is -2.67. The van der Waals surface area contributed by atoms with E-state index in [9.17, 15) is 0 Å². The summed E-state index contributed by atoms with van der Waals surface area (Å²) in [6, 6.07) is 20.3. The van der Waals surface area contributed by atoms with Crippen molar-refractivity contribution in [3.8, 4) is 5.69 Å². The highest BCUT2D eigenvalue weighted by atomic mass is 35.5. The Labute approximate surface area is 192 Å². The van der Waals surface area contributed by atoms with E-state index < -0.39 is 0 Å². The second-order valence-corrected chi connectivity index (χ2v) is 8.84.